The Morgan fingerprint density at radius 2 is 2.23 bits per heavy atom. The van der Waals surface area contributed by atoms with E-state index >= 15 is 0 Å². The van der Waals surface area contributed by atoms with Gasteiger partial charge in [0.1, 0.15) is 12.4 Å². The molecule has 0 saturated carbocycles. The molecule has 13 heavy (non-hydrogen) atoms. The monoisotopic (exact) mass is 197 g/mol. The van der Waals surface area contributed by atoms with Crippen molar-refractivity contribution in [1.82, 2.24) is 4.57 Å². The SMILES string of the molecule is CCC(C)n1cc[n+](C)c1.[N-]=C=S. The van der Waals surface area contributed by atoms with Crippen LogP contribution in [0, 0.1) is 0 Å². The molecule has 0 aliphatic carbocycles. The van der Waals surface area contributed by atoms with Crippen LogP contribution in [0.1, 0.15) is 26.3 Å². The van der Waals surface area contributed by atoms with Gasteiger partial charge in [-0.1, -0.05) is 19.1 Å². The number of isothiocyanates is 1. The largest absolute Gasteiger partial charge is 0.753 e. The number of aromatic nitrogens is 2. The highest BCUT2D eigenvalue weighted by molar-refractivity contribution is 7.78. The van der Waals surface area contributed by atoms with Crippen LogP contribution in [0.4, 0.5) is 0 Å². The van der Waals surface area contributed by atoms with Crippen molar-refractivity contribution in [2.75, 3.05) is 0 Å². The molecule has 0 spiro atoms. The molecule has 0 bridgehead atoms. The summed E-state index contributed by atoms with van der Waals surface area (Å²) in [7, 11) is 2.04. The van der Waals surface area contributed by atoms with Gasteiger partial charge < -0.3 is 5.41 Å². The molecule has 1 heterocycles. The molecule has 0 radical (unpaired) electrons. The van der Waals surface area contributed by atoms with Gasteiger partial charge in [0, 0.05) is 0 Å². The van der Waals surface area contributed by atoms with Crippen LogP contribution in [0.2, 0.25) is 0 Å². The summed E-state index contributed by atoms with van der Waals surface area (Å²) in [5, 5.41) is 8.47. The summed E-state index contributed by atoms with van der Waals surface area (Å²) < 4.78 is 4.28. The summed E-state index contributed by atoms with van der Waals surface area (Å²) in [6.07, 6.45) is 7.46. The molecule has 0 aliphatic heterocycles. The molecule has 1 unspecified atom stereocenters. The highest BCUT2D eigenvalue weighted by Crippen LogP contribution is 2.06. The maximum Gasteiger partial charge on any atom is 0.243 e. The van der Waals surface area contributed by atoms with Crippen LogP contribution in [0.15, 0.2) is 18.7 Å². The van der Waals surface area contributed by atoms with E-state index in [-0.39, 0.29) is 0 Å². The van der Waals surface area contributed by atoms with Gasteiger partial charge in [-0.3, -0.25) is 0 Å². The quantitative estimate of drug-likeness (QED) is 0.405. The van der Waals surface area contributed by atoms with Crippen LogP contribution in [0.5, 0.6) is 0 Å². The molecule has 0 amide bonds. The lowest BCUT2D eigenvalue weighted by Crippen LogP contribution is -2.24. The number of hydrogen-bond donors (Lipinski definition) is 0. The van der Waals surface area contributed by atoms with Crippen LogP contribution in [0.25, 0.3) is 5.41 Å². The van der Waals surface area contributed by atoms with E-state index < -0.39 is 0 Å². The third-order valence-electron chi connectivity index (χ3n) is 1.89. The van der Waals surface area contributed by atoms with E-state index in [2.05, 4.69) is 53.9 Å². The molecule has 72 valence electrons. The molecule has 0 fully saturated rings. The van der Waals surface area contributed by atoms with Crippen molar-refractivity contribution in [3.05, 3.63) is 24.1 Å². The van der Waals surface area contributed by atoms with Crippen molar-refractivity contribution in [3.8, 4) is 0 Å². The van der Waals surface area contributed by atoms with Gasteiger partial charge in [0.05, 0.1) is 13.1 Å². The predicted molar refractivity (Wildman–Crippen MR) is 56.6 cm³/mol. The van der Waals surface area contributed by atoms with Crippen molar-refractivity contribution < 1.29 is 4.57 Å². The number of rotatable bonds is 2. The van der Waals surface area contributed by atoms with Crippen LogP contribution in [-0.4, -0.2) is 9.73 Å². The Morgan fingerprint density at radius 1 is 1.69 bits per heavy atom. The predicted octanol–water partition coefficient (Wildman–Crippen LogP) is 1.94. The van der Waals surface area contributed by atoms with E-state index in [9.17, 15) is 0 Å². The van der Waals surface area contributed by atoms with Crippen LogP contribution >= 0.6 is 12.2 Å². The summed E-state index contributed by atoms with van der Waals surface area (Å²) >= 11 is 3.70. The van der Waals surface area contributed by atoms with Gasteiger partial charge in [0.25, 0.3) is 0 Å². The second-order valence-corrected chi connectivity index (χ2v) is 3.06. The molecule has 0 aliphatic rings. The first-order valence-corrected chi connectivity index (χ1v) is 4.60. The Balaban J connectivity index is 0.000000424. The first-order chi connectivity index (χ1) is 6.15. The van der Waals surface area contributed by atoms with E-state index in [4.69, 9.17) is 5.41 Å². The lowest BCUT2D eigenvalue weighted by atomic mass is 10.3. The van der Waals surface area contributed by atoms with Crippen LogP contribution in [-0.2, 0) is 7.05 Å². The average molecular weight is 197 g/mol. The van der Waals surface area contributed by atoms with Crippen molar-refractivity contribution in [3.63, 3.8) is 0 Å². The fourth-order valence-corrected chi connectivity index (χ4v) is 0.941. The van der Waals surface area contributed by atoms with Gasteiger partial charge in [-0.2, -0.15) is 5.16 Å². The van der Waals surface area contributed by atoms with Crippen LogP contribution in [0.3, 0.4) is 0 Å². The summed E-state index contributed by atoms with van der Waals surface area (Å²) in [5.74, 6) is 0. The minimum Gasteiger partial charge on any atom is -0.753 e. The Bertz CT molecular complexity index is 274. The Labute approximate surface area is 84.5 Å². The highest BCUT2D eigenvalue weighted by atomic mass is 32.1. The topological polar surface area (TPSA) is 31.1 Å². The van der Waals surface area contributed by atoms with E-state index in [0.29, 0.717) is 6.04 Å². The smallest absolute Gasteiger partial charge is 0.243 e. The summed E-state index contributed by atoms with van der Waals surface area (Å²) in [4.78, 5) is 0. The molecular formula is C9H15N3S. The minimum atomic E-state index is 0.626. The van der Waals surface area contributed by atoms with E-state index in [0.717, 1.165) is 0 Å². The lowest BCUT2D eigenvalue weighted by molar-refractivity contribution is -0.671. The Morgan fingerprint density at radius 3 is 2.54 bits per heavy atom. The molecule has 4 heteroatoms. The van der Waals surface area contributed by atoms with Gasteiger partial charge in [0.15, 0.2) is 0 Å². The maximum atomic E-state index is 7.13. The molecule has 1 rings (SSSR count). The van der Waals surface area contributed by atoms with Crippen molar-refractivity contribution >= 4 is 17.4 Å². The van der Waals surface area contributed by atoms with Gasteiger partial charge in [0.2, 0.25) is 6.33 Å². The van der Waals surface area contributed by atoms with Crippen LogP contribution < -0.4 is 4.57 Å². The first kappa shape index (κ1) is 12.0. The second kappa shape index (κ2) is 6.52. The molecule has 3 nitrogen and oxygen atoms in total. The number of hydrogen-bond acceptors (Lipinski definition) is 1. The fraction of sp³-hybridized carbons (Fsp3) is 0.556. The zero-order valence-electron chi connectivity index (χ0n) is 8.27. The first-order valence-electron chi connectivity index (χ1n) is 4.19. The highest BCUT2D eigenvalue weighted by Gasteiger charge is 2.06. The summed E-state index contributed by atoms with van der Waals surface area (Å²) in [6.45, 7) is 4.42. The third-order valence-corrected chi connectivity index (χ3v) is 1.89. The number of thiocarbonyl (C=S) groups is 1. The van der Waals surface area contributed by atoms with E-state index in [1.807, 2.05) is 7.05 Å². The zero-order valence-corrected chi connectivity index (χ0v) is 9.08. The number of imidazole rings is 1. The molecule has 1 aromatic heterocycles. The van der Waals surface area contributed by atoms with E-state index in [1.165, 1.54) is 11.6 Å². The summed E-state index contributed by atoms with van der Waals surface area (Å²) in [5.41, 5.74) is 0. The molecule has 1 atom stereocenters. The number of aryl methyl sites for hydroxylation is 1. The Hall–Kier alpha value is -0.990. The number of nitrogens with zero attached hydrogens (tertiary/aromatic N) is 3. The minimum absolute atomic E-state index is 0.626. The second-order valence-electron chi connectivity index (χ2n) is 2.87. The fourth-order valence-electron chi connectivity index (χ4n) is 0.941. The third kappa shape index (κ3) is 4.55. The van der Waals surface area contributed by atoms with Gasteiger partial charge >= 0.3 is 0 Å². The Kier molecular flexibility index (Phi) is 6.02. The summed E-state index contributed by atoms with van der Waals surface area (Å²) in [6, 6.07) is 0.626. The molecule has 0 N–H and O–H groups in total. The normalized spacial score (nSPS) is 11.0. The molecule has 0 aromatic carbocycles. The van der Waals surface area contributed by atoms with Gasteiger partial charge in [-0.15, -0.1) is 0 Å². The standard InChI is InChI=1S/C8H15N2.CNS/c1-4-8(2)10-6-5-9(3)7-10;2-1-3/h5-8H,4H2,1-3H3;/q+1;-1. The maximum absolute atomic E-state index is 7.13. The zero-order chi connectivity index (χ0) is 10.3. The van der Waals surface area contributed by atoms with Crippen molar-refractivity contribution in [1.29, 1.82) is 0 Å². The molecule has 0 saturated heterocycles. The van der Waals surface area contributed by atoms with E-state index in [1.54, 1.807) is 0 Å². The molecule has 1 aromatic rings. The van der Waals surface area contributed by atoms with Gasteiger partial charge in [-0.05, 0) is 13.3 Å². The van der Waals surface area contributed by atoms with Crippen molar-refractivity contribution in [2.45, 2.75) is 26.3 Å². The van der Waals surface area contributed by atoms with Crippen molar-refractivity contribution in [2.24, 2.45) is 7.05 Å². The average Bonchev–Trinajstić information content (AvgIpc) is 2.52. The lowest BCUT2D eigenvalue weighted by Gasteiger charge is -2.01. The van der Waals surface area contributed by atoms with Gasteiger partial charge in [-0.25, -0.2) is 9.13 Å². The molecular weight excluding hydrogens is 182 g/mol.